The topological polar surface area (TPSA) is 51.2 Å². The van der Waals surface area contributed by atoms with Gasteiger partial charge in [0.15, 0.2) is 5.83 Å². The van der Waals surface area contributed by atoms with Crippen molar-refractivity contribution in [3.63, 3.8) is 0 Å². The van der Waals surface area contributed by atoms with Crippen LogP contribution in [0, 0.1) is 5.92 Å². The standard InChI is InChI=1S/C24H31F7N2O2/c1-16(2)14-32-21(34)20(25)17(3)11-9-7-5-4-6-8-10-12-35-22-19(24(29,30)31)13-18(15-33-22)23(26,27)28/h9,11,13,15-16H,4-8,10,12,14H2,1-3H3,(H,32,34). The van der Waals surface area contributed by atoms with Gasteiger partial charge in [-0.05, 0) is 43.7 Å². The molecule has 0 aliphatic heterocycles. The van der Waals surface area contributed by atoms with E-state index in [2.05, 4.69) is 10.3 Å². The fourth-order valence-corrected chi connectivity index (χ4v) is 2.88. The third-order valence-electron chi connectivity index (χ3n) is 4.82. The summed E-state index contributed by atoms with van der Waals surface area (Å²) in [6, 6.07) is -0.00326. The van der Waals surface area contributed by atoms with E-state index >= 15 is 0 Å². The van der Waals surface area contributed by atoms with Crippen molar-refractivity contribution >= 4 is 5.91 Å². The number of allylic oxidation sites excluding steroid dienone is 3. The Balaban J connectivity index is 2.35. The summed E-state index contributed by atoms with van der Waals surface area (Å²) in [5.41, 5.74) is -2.81. The molecule has 0 saturated heterocycles. The van der Waals surface area contributed by atoms with Crippen molar-refractivity contribution in [2.75, 3.05) is 13.2 Å². The highest BCUT2D eigenvalue weighted by atomic mass is 19.4. The number of hydrogen-bond donors (Lipinski definition) is 1. The molecule has 0 saturated carbocycles. The van der Waals surface area contributed by atoms with E-state index in [1.165, 1.54) is 6.92 Å². The molecule has 4 nitrogen and oxygen atoms in total. The monoisotopic (exact) mass is 512 g/mol. The third kappa shape index (κ3) is 11.6. The molecule has 0 fully saturated rings. The fourth-order valence-electron chi connectivity index (χ4n) is 2.88. The Labute approximate surface area is 200 Å². The molecule has 0 spiro atoms. The number of hydrogen-bond acceptors (Lipinski definition) is 3. The van der Waals surface area contributed by atoms with E-state index < -0.39 is 41.1 Å². The molecule has 11 heteroatoms. The van der Waals surface area contributed by atoms with E-state index in [0.29, 0.717) is 32.0 Å². The largest absolute Gasteiger partial charge is 0.477 e. The van der Waals surface area contributed by atoms with E-state index in [9.17, 15) is 35.5 Å². The van der Waals surface area contributed by atoms with E-state index in [-0.39, 0.29) is 24.2 Å². The van der Waals surface area contributed by atoms with Gasteiger partial charge in [-0.3, -0.25) is 4.79 Å². The van der Waals surface area contributed by atoms with Crippen molar-refractivity contribution in [1.29, 1.82) is 0 Å². The minimum atomic E-state index is -5.02. The molecule has 1 N–H and O–H groups in total. The SMILES string of the molecule is CC(C=CCCCCCCCOc1ncc(C(F)(F)F)cc1C(F)(F)F)=C(F)C(=O)NCC(C)C. The van der Waals surface area contributed by atoms with Crippen LogP contribution in [0.2, 0.25) is 0 Å². The number of alkyl halides is 6. The van der Waals surface area contributed by atoms with Gasteiger partial charge < -0.3 is 10.1 Å². The van der Waals surface area contributed by atoms with Gasteiger partial charge in [-0.15, -0.1) is 0 Å². The molecule has 0 unspecified atom stereocenters. The van der Waals surface area contributed by atoms with Gasteiger partial charge >= 0.3 is 12.4 Å². The number of pyridine rings is 1. The maximum absolute atomic E-state index is 14.0. The average molecular weight is 513 g/mol. The lowest BCUT2D eigenvalue weighted by Gasteiger charge is -2.15. The van der Waals surface area contributed by atoms with Gasteiger partial charge in [0.1, 0.15) is 5.56 Å². The number of unbranched alkanes of at least 4 members (excludes halogenated alkanes) is 5. The molecular formula is C24H31F7N2O2. The van der Waals surface area contributed by atoms with E-state index in [0.717, 1.165) is 19.3 Å². The number of aromatic nitrogens is 1. The first-order valence-corrected chi connectivity index (χ1v) is 11.3. The number of nitrogens with zero attached hydrogens (tertiary/aromatic N) is 1. The van der Waals surface area contributed by atoms with Gasteiger partial charge in [-0.2, -0.15) is 26.3 Å². The number of carbonyl (C=O) groups is 1. The van der Waals surface area contributed by atoms with Crippen LogP contribution in [-0.2, 0) is 17.1 Å². The van der Waals surface area contributed by atoms with Gasteiger partial charge in [0.2, 0.25) is 5.88 Å². The summed E-state index contributed by atoms with van der Waals surface area (Å²) in [5, 5.41) is 2.51. The molecule has 1 amide bonds. The van der Waals surface area contributed by atoms with Crippen molar-refractivity contribution in [2.24, 2.45) is 5.92 Å². The molecule has 198 valence electrons. The Bertz CT molecular complexity index is 876. The Kier molecular flexibility index (Phi) is 12.3. The number of rotatable bonds is 13. The lowest BCUT2D eigenvalue weighted by molar-refractivity contribution is -0.144. The Morgan fingerprint density at radius 2 is 1.69 bits per heavy atom. The molecule has 1 aromatic heterocycles. The molecule has 0 atom stereocenters. The van der Waals surface area contributed by atoms with Crippen molar-refractivity contribution in [2.45, 2.75) is 71.6 Å². The lowest BCUT2D eigenvalue weighted by atomic mass is 10.1. The van der Waals surface area contributed by atoms with Crippen LogP contribution in [0.4, 0.5) is 30.7 Å². The van der Waals surface area contributed by atoms with E-state index in [4.69, 9.17) is 4.74 Å². The molecular weight excluding hydrogens is 481 g/mol. The predicted octanol–water partition coefficient (Wildman–Crippen LogP) is 7.41. The summed E-state index contributed by atoms with van der Waals surface area (Å²) in [4.78, 5) is 14.9. The van der Waals surface area contributed by atoms with Crippen LogP contribution in [0.1, 0.15) is 70.4 Å². The first kappa shape index (κ1) is 30.4. The number of nitrogens with one attached hydrogen (secondary N) is 1. The summed E-state index contributed by atoms with van der Waals surface area (Å²) >= 11 is 0. The van der Waals surface area contributed by atoms with Gasteiger partial charge in [0.25, 0.3) is 5.91 Å². The van der Waals surface area contributed by atoms with Crippen LogP contribution >= 0.6 is 0 Å². The Morgan fingerprint density at radius 3 is 2.29 bits per heavy atom. The first-order chi connectivity index (χ1) is 16.2. The Hall–Kier alpha value is -2.59. The van der Waals surface area contributed by atoms with Crippen LogP contribution in [0.25, 0.3) is 0 Å². The summed E-state index contributed by atoms with van der Waals surface area (Å²) in [6.45, 7) is 5.60. The number of halogens is 7. The third-order valence-corrected chi connectivity index (χ3v) is 4.82. The van der Waals surface area contributed by atoms with Crippen LogP contribution in [0.3, 0.4) is 0 Å². The zero-order chi connectivity index (χ0) is 26.6. The Morgan fingerprint density at radius 1 is 1.06 bits per heavy atom. The van der Waals surface area contributed by atoms with Crippen molar-refractivity contribution in [1.82, 2.24) is 10.3 Å². The van der Waals surface area contributed by atoms with Crippen molar-refractivity contribution in [3.8, 4) is 5.88 Å². The fraction of sp³-hybridized carbons (Fsp3) is 0.583. The predicted molar refractivity (Wildman–Crippen MR) is 118 cm³/mol. The maximum Gasteiger partial charge on any atom is 0.421 e. The molecule has 1 rings (SSSR count). The second kappa shape index (κ2) is 14.1. The first-order valence-electron chi connectivity index (χ1n) is 11.3. The van der Waals surface area contributed by atoms with E-state index in [1.807, 2.05) is 13.8 Å². The molecule has 35 heavy (non-hydrogen) atoms. The molecule has 1 heterocycles. The van der Waals surface area contributed by atoms with Crippen LogP contribution < -0.4 is 10.1 Å². The van der Waals surface area contributed by atoms with Crippen molar-refractivity contribution < 1.29 is 40.3 Å². The number of ether oxygens (including phenoxy) is 1. The maximum atomic E-state index is 14.0. The summed E-state index contributed by atoms with van der Waals surface area (Å²) in [5.74, 6) is -2.22. The van der Waals surface area contributed by atoms with Crippen molar-refractivity contribution in [3.05, 3.63) is 46.9 Å². The number of amides is 1. The number of carbonyl (C=O) groups excluding carboxylic acids is 1. The van der Waals surface area contributed by atoms with Crippen LogP contribution in [-0.4, -0.2) is 24.0 Å². The summed E-state index contributed by atoms with van der Waals surface area (Å²) < 4.78 is 96.1. The normalized spacial score (nSPS) is 13.3. The quantitative estimate of drug-likeness (QED) is 0.130. The van der Waals surface area contributed by atoms with Gasteiger partial charge in [0.05, 0.1) is 12.2 Å². The molecule has 0 aliphatic carbocycles. The van der Waals surface area contributed by atoms with Gasteiger partial charge in [-0.25, -0.2) is 9.37 Å². The van der Waals surface area contributed by atoms with Gasteiger partial charge in [0, 0.05) is 12.7 Å². The van der Waals surface area contributed by atoms with Gasteiger partial charge in [-0.1, -0.05) is 45.3 Å². The summed E-state index contributed by atoms with van der Waals surface area (Å²) in [6.07, 6.45) is -2.22. The van der Waals surface area contributed by atoms with Crippen LogP contribution in [0.15, 0.2) is 35.8 Å². The minimum Gasteiger partial charge on any atom is -0.477 e. The zero-order valence-corrected chi connectivity index (χ0v) is 20.0. The zero-order valence-electron chi connectivity index (χ0n) is 20.0. The second-order valence-corrected chi connectivity index (χ2v) is 8.48. The highest BCUT2D eigenvalue weighted by molar-refractivity contribution is 5.92. The average Bonchev–Trinajstić information content (AvgIpc) is 2.76. The molecule has 0 bridgehead atoms. The molecule has 0 aromatic carbocycles. The molecule has 1 aromatic rings. The second-order valence-electron chi connectivity index (χ2n) is 8.48. The molecule has 0 radical (unpaired) electrons. The lowest BCUT2D eigenvalue weighted by Crippen LogP contribution is -2.27. The highest BCUT2D eigenvalue weighted by Gasteiger charge is 2.39. The van der Waals surface area contributed by atoms with Crippen LogP contribution in [0.5, 0.6) is 5.88 Å². The minimum absolute atomic E-state index is 0.00326. The molecule has 0 aliphatic rings. The smallest absolute Gasteiger partial charge is 0.421 e. The summed E-state index contributed by atoms with van der Waals surface area (Å²) in [7, 11) is 0. The highest BCUT2D eigenvalue weighted by Crippen LogP contribution is 2.39. The van der Waals surface area contributed by atoms with E-state index in [1.54, 1.807) is 12.2 Å².